The van der Waals surface area contributed by atoms with Crippen LogP contribution in [0.3, 0.4) is 0 Å². The van der Waals surface area contributed by atoms with Crippen molar-refractivity contribution < 1.29 is 9.59 Å². The van der Waals surface area contributed by atoms with Crippen molar-refractivity contribution in [2.24, 2.45) is 11.7 Å². The lowest BCUT2D eigenvalue weighted by atomic mass is 9.93. The largest absolute Gasteiger partial charge is 0.370 e. The van der Waals surface area contributed by atoms with Crippen LogP contribution in [0.1, 0.15) is 17.5 Å². The van der Waals surface area contributed by atoms with E-state index in [4.69, 9.17) is 17.3 Å². The van der Waals surface area contributed by atoms with Crippen LogP contribution in [0.4, 0.5) is 0 Å². The summed E-state index contributed by atoms with van der Waals surface area (Å²) in [7, 11) is 0. The predicted octanol–water partition coefficient (Wildman–Crippen LogP) is 3.57. The van der Waals surface area contributed by atoms with Crippen molar-refractivity contribution >= 4 is 34.2 Å². The average Bonchev–Trinajstić information content (AvgIpc) is 2.79. The molecule has 2 amide bonds. The summed E-state index contributed by atoms with van der Waals surface area (Å²) in [5.74, 6) is -0.933. The van der Waals surface area contributed by atoms with Gasteiger partial charge < -0.3 is 16.0 Å². The van der Waals surface area contributed by atoms with Crippen LogP contribution in [-0.4, -0.2) is 42.4 Å². The number of carbonyl (C=O) groups excluding carboxylic acids is 2. The fraction of sp³-hybridized carbons (Fsp3) is 0.308. The fourth-order valence-electron chi connectivity index (χ4n) is 4.47. The van der Waals surface area contributed by atoms with Gasteiger partial charge >= 0.3 is 0 Å². The minimum absolute atomic E-state index is 0.0104. The van der Waals surface area contributed by atoms with Gasteiger partial charge in [0.2, 0.25) is 11.8 Å². The molecule has 0 spiro atoms. The summed E-state index contributed by atoms with van der Waals surface area (Å²) in [5.41, 5.74) is 7.68. The number of primary amides is 1. The SMILES string of the molecule is NC(=O)C[C@@H](Cc1ccc(Cl)cc1)C(=O)N1CCN[C@H](Cc2ccc3ccccc3c2)C1. The molecule has 0 radical (unpaired) electrons. The van der Waals surface area contributed by atoms with E-state index in [1.807, 2.05) is 29.2 Å². The average molecular weight is 450 g/mol. The Morgan fingerprint density at radius 3 is 2.50 bits per heavy atom. The lowest BCUT2D eigenvalue weighted by Crippen LogP contribution is -2.55. The molecule has 2 atom stereocenters. The van der Waals surface area contributed by atoms with Crippen molar-refractivity contribution in [2.45, 2.75) is 25.3 Å². The van der Waals surface area contributed by atoms with Gasteiger partial charge in [-0.25, -0.2) is 0 Å². The van der Waals surface area contributed by atoms with Gasteiger partial charge in [-0.1, -0.05) is 66.2 Å². The molecule has 4 rings (SSSR count). The van der Waals surface area contributed by atoms with Crippen LogP contribution < -0.4 is 11.1 Å². The zero-order valence-electron chi connectivity index (χ0n) is 18.0. The molecule has 3 aromatic rings. The molecule has 0 bridgehead atoms. The molecule has 0 unspecified atom stereocenters. The molecule has 32 heavy (non-hydrogen) atoms. The predicted molar refractivity (Wildman–Crippen MR) is 128 cm³/mol. The summed E-state index contributed by atoms with van der Waals surface area (Å²) >= 11 is 5.98. The number of hydrogen-bond donors (Lipinski definition) is 2. The monoisotopic (exact) mass is 449 g/mol. The normalized spacial score (nSPS) is 17.3. The first kappa shape index (κ1) is 22.3. The topological polar surface area (TPSA) is 75.4 Å². The van der Waals surface area contributed by atoms with Crippen molar-refractivity contribution in [3.8, 4) is 0 Å². The van der Waals surface area contributed by atoms with E-state index in [2.05, 4.69) is 35.6 Å². The number of benzene rings is 3. The maximum Gasteiger partial charge on any atom is 0.226 e. The van der Waals surface area contributed by atoms with E-state index in [9.17, 15) is 9.59 Å². The van der Waals surface area contributed by atoms with Crippen molar-refractivity contribution in [2.75, 3.05) is 19.6 Å². The zero-order valence-corrected chi connectivity index (χ0v) is 18.7. The molecule has 0 aliphatic carbocycles. The minimum Gasteiger partial charge on any atom is -0.370 e. The van der Waals surface area contributed by atoms with Crippen LogP contribution in [0, 0.1) is 5.92 Å². The minimum atomic E-state index is -0.465. The van der Waals surface area contributed by atoms with Gasteiger partial charge in [-0.3, -0.25) is 9.59 Å². The number of carbonyl (C=O) groups is 2. The third-order valence-corrected chi connectivity index (χ3v) is 6.31. The Hall–Kier alpha value is -2.89. The number of fused-ring (bicyclic) bond motifs is 1. The highest BCUT2D eigenvalue weighted by Crippen LogP contribution is 2.20. The summed E-state index contributed by atoms with van der Waals surface area (Å²) in [6.45, 7) is 1.97. The molecule has 3 N–H and O–H groups in total. The quantitative estimate of drug-likeness (QED) is 0.579. The van der Waals surface area contributed by atoms with Crippen molar-refractivity contribution in [1.82, 2.24) is 10.2 Å². The number of rotatable bonds is 7. The number of nitrogens with two attached hydrogens (primary N) is 1. The van der Waals surface area contributed by atoms with Gasteiger partial charge in [0.25, 0.3) is 0 Å². The second-order valence-corrected chi connectivity index (χ2v) is 8.96. The first-order chi connectivity index (χ1) is 15.5. The summed E-state index contributed by atoms with van der Waals surface area (Å²) in [5, 5.41) is 6.62. The van der Waals surface area contributed by atoms with Crippen LogP contribution in [0.15, 0.2) is 66.7 Å². The van der Waals surface area contributed by atoms with Gasteiger partial charge in [0.05, 0.1) is 5.92 Å². The molecule has 1 fully saturated rings. The maximum atomic E-state index is 13.3. The van der Waals surface area contributed by atoms with Crippen molar-refractivity contribution in [3.05, 3.63) is 82.9 Å². The Balaban J connectivity index is 1.44. The Labute approximate surface area is 193 Å². The highest BCUT2D eigenvalue weighted by molar-refractivity contribution is 6.30. The standard InChI is InChI=1S/C26H28ClN3O2/c27-23-9-6-18(7-10-23)13-22(16-25(28)31)26(32)30-12-11-29-24(17-30)15-19-5-8-20-3-1-2-4-21(20)14-19/h1-10,14,22,24,29H,11-13,15-17H2,(H2,28,31)/t22-,24-/m1/s1. The summed E-state index contributed by atoms with van der Waals surface area (Å²) in [4.78, 5) is 26.9. The van der Waals surface area contributed by atoms with Gasteiger partial charge in [0.15, 0.2) is 0 Å². The molecule has 1 heterocycles. The molecular weight excluding hydrogens is 422 g/mol. The third kappa shape index (κ3) is 5.67. The summed E-state index contributed by atoms with van der Waals surface area (Å²) in [6.07, 6.45) is 1.35. The van der Waals surface area contributed by atoms with Gasteiger partial charge in [-0.05, 0) is 46.9 Å². The molecule has 5 nitrogen and oxygen atoms in total. The Morgan fingerprint density at radius 1 is 1.03 bits per heavy atom. The van der Waals surface area contributed by atoms with Crippen LogP contribution in [0.2, 0.25) is 5.02 Å². The molecule has 1 aliphatic heterocycles. The highest BCUT2D eigenvalue weighted by Gasteiger charge is 2.30. The van der Waals surface area contributed by atoms with E-state index < -0.39 is 11.8 Å². The summed E-state index contributed by atoms with van der Waals surface area (Å²) in [6, 6.07) is 22.4. The van der Waals surface area contributed by atoms with Crippen LogP contribution in [-0.2, 0) is 22.4 Å². The first-order valence-corrected chi connectivity index (χ1v) is 11.4. The van der Waals surface area contributed by atoms with Crippen LogP contribution in [0.5, 0.6) is 0 Å². The Kier molecular flexibility index (Phi) is 7.08. The lowest BCUT2D eigenvalue weighted by Gasteiger charge is -2.36. The second kappa shape index (κ2) is 10.2. The van der Waals surface area contributed by atoms with E-state index in [0.717, 1.165) is 18.5 Å². The molecule has 1 saturated heterocycles. The lowest BCUT2D eigenvalue weighted by molar-refractivity contribution is -0.139. The van der Waals surface area contributed by atoms with Crippen LogP contribution >= 0.6 is 11.6 Å². The smallest absolute Gasteiger partial charge is 0.226 e. The van der Waals surface area contributed by atoms with Gasteiger partial charge in [-0.15, -0.1) is 0 Å². The number of amides is 2. The number of piperazine rings is 1. The van der Waals surface area contributed by atoms with Crippen molar-refractivity contribution in [1.29, 1.82) is 0 Å². The van der Waals surface area contributed by atoms with Crippen molar-refractivity contribution in [3.63, 3.8) is 0 Å². The molecule has 166 valence electrons. The maximum absolute atomic E-state index is 13.3. The number of nitrogens with zero attached hydrogens (tertiary/aromatic N) is 1. The highest BCUT2D eigenvalue weighted by atomic mass is 35.5. The first-order valence-electron chi connectivity index (χ1n) is 11.0. The van der Waals surface area contributed by atoms with E-state index >= 15 is 0 Å². The van der Waals surface area contributed by atoms with E-state index in [-0.39, 0.29) is 18.4 Å². The van der Waals surface area contributed by atoms with Gasteiger partial charge in [0, 0.05) is 37.1 Å². The van der Waals surface area contributed by atoms with Gasteiger partial charge in [-0.2, -0.15) is 0 Å². The number of halogens is 1. The van der Waals surface area contributed by atoms with Crippen LogP contribution in [0.25, 0.3) is 10.8 Å². The Bertz CT molecular complexity index is 1100. The molecule has 1 aliphatic rings. The summed E-state index contributed by atoms with van der Waals surface area (Å²) < 4.78 is 0. The fourth-order valence-corrected chi connectivity index (χ4v) is 4.59. The Morgan fingerprint density at radius 2 is 1.75 bits per heavy atom. The molecule has 6 heteroatoms. The third-order valence-electron chi connectivity index (χ3n) is 6.06. The number of nitrogens with one attached hydrogen (secondary N) is 1. The second-order valence-electron chi connectivity index (χ2n) is 8.52. The van der Waals surface area contributed by atoms with E-state index in [1.54, 1.807) is 12.1 Å². The van der Waals surface area contributed by atoms with E-state index in [0.29, 0.717) is 24.5 Å². The molecule has 3 aromatic carbocycles. The van der Waals surface area contributed by atoms with E-state index in [1.165, 1.54) is 16.3 Å². The number of hydrogen-bond acceptors (Lipinski definition) is 3. The molecule has 0 saturated carbocycles. The van der Waals surface area contributed by atoms with Gasteiger partial charge in [0.1, 0.15) is 0 Å². The molecular formula is C26H28ClN3O2. The zero-order chi connectivity index (χ0) is 22.5. The molecule has 0 aromatic heterocycles.